The summed E-state index contributed by atoms with van der Waals surface area (Å²) in [6.07, 6.45) is 1.57. The van der Waals surface area contributed by atoms with Crippen LogP contribution in [0.1, 0.15) is 37.2 Å². The summed E-state index contributed by atoms with van der Waals surface area (Å²) in [6.45, 7) is 4.27. The van der Waals surface area contributed by atoms with Crippen molar-refractivity contribution in [1.29, 1.82) is 0 Å². The molecule has 0 fully saturated rings. The molecule has 3 aromatic rings. The second-order valence-electron chi connectivity index (χ2n) is 7.22. The number of imidazole rings is 1. The van der Waals surface area contributed by atoms with Crippen LogP contribution >= 0.6 is 11.3 Å². The first-order valence-corrected chi connectivity index (χ1v) is 11.2. The Morgan fingerprint density at radius 3 is 2.59 bits per heavy atom. The lowest BCUT2D eigenvalue weighted by molar-refractivity contribution is 0.301. The maximum atomic E-state index is 12.8. The first-order chi connectivity index (χ1) is 12.7. The molecule has 1 atom stereocenters. The Kier molecular flexibility index (Phi) is 5.71. The van der Waals surface area contributed by atoms with Crippen molar-refractivity contribution in [3.8, 4) is 0 Å². The predicted octanol–water partition coefficient (Wildman–Crippen LogP) is 3.34. The van der Waals surface area contributed by atoms with Gasteiger partial charge in [0, 0.05) is 36.4 Å². The smallest absolute Gasteiger partial charge is 0.259 e. The van der Waals surface area contributed by atoms with Crippen LogP contribution in [0.25, 0.3) is 10.1 Å². The minimum absolute atomic E-state index is 0.0655. The normalized spacial score (nSPS) is 13.7. The molecule has 1 unspecified atom stereocenters. The van der Waals surface area contributed by atoms with Crippen molar-refractivity contribution in [2.45, 2.75) is 30.8 Å². The molecule has 3 rings (SSSR count). The minimum atomic E-state index is -3.67. The monoisotopic (exact) mass is 406 g/mol. The lowest BCUT2D eigenvalue weighted by atomic mass is 10.1. The van der Waals surface area contributed by atoms with Crippen LogP contribution in [0, 0.1) is 0 Å². The van der Waals surface area contributed by atoms with Crippen molar-refractivity contribution in [1.82, 2.24) is 19.2 Å². The van der Waals surface area contributed by atoms with Crippen LogP contribution in [0.2, 0.25) is 0 Å². The zero-order chi connectivity index (χ0) is 19.8. The van der Waals surface area contributed by atoms with Crippen molar-refractivity contribution in [2.24, 2.45) is 7.05 Å². The van der Waals surface area contributed by atoms with E-state index in [1.54, 1.807) is 22.1 Å². The average Bonchev–Trinajstić information content (AvgIpc) is 3.19. The number of aryl methyl sites for hydroxylation is 1. The molecule has 0 aliphatic heterocycles. The molecule has 0 spiro atoms. The highest BCUT2D eigenvalue weighted by molar-refractivity contribution is 7.89. The van der Waals surface area contributed by atoms with Gasteiger partial charge in [-0.2, -0.15) is 0 Å². The zero-order valence-corrected chi connectivity index (χ0v) is 17.9. The molecule has 6 nitrogen and oxygen atoms in total. The van der Waals surface area contributed by atoms with Crippen LogP contribution in [0.4, 0.5) is 0 Å². The molecule has 0 radical (unpaired) electrons. The van der Waals surface area contributed by atoms with E-state index in [1.165, 1.54) is 10.1 Å². The van der Waals surface area contributed by atoms with Gasteiger partial charge in [0.05, 0.1) is 0 Å². The van der Waals surface area contributed by atoms with Crippen LogP contribution in [0.3, 0.4) is 0 Å². The molecule has 27 heavy (non-hydrogen) atoms. The Labute approximate surface area is 164 Å². The van der Waals surface area contributed by atoms with Crippen LogP contribution in [0.5, 0.6) is 0 Å². The van der Waals surface area contributed by atoms with E-state index in [9.17, 15) is 8.42 Å². The standard InChI is InChI=1S/C19H26N4O2S2/c1-13(2)19-21-18(11-23(19)5)27(24,25)20-10-16(22(3)4)15-12-26-17-9-7-6-8-14(15)17/h6-9,11-13,16,20H,10H2,1-5H3. The van der Waals surface area contributed by atoms with Gasteiger partial charge in [0.15, 0.2) is 5.03 Å². The van der Waals surface area contributed by atoms with Gasteiger partial charge in [-0.3, -0.25) is 0 Å². The van der Waals surface area contributed by atoms with E-state index in [1.807, 2.05) is 52.0 Å². The van der Waals surface area contributed by atoms with Gasteiger partial charge in [-0.25, -0.2) is 18.1 Å². The number of hydrogen-bond acceptors (Lipinski definition) is 5. The van der Waals surface area contributed by atoms with Crippen molar-refractivity contribution in [3.63, 3.8) is 0 Å². The first-order valence-electron chi connectivity index (χ1n) is 8.86. The molecule has 0 aliphatic rings. The molecule has 0 bridgehead atoms. The quantitative estimate of drug-likeness (QED) is 0.653. The van der Waals surface area contributed by atoms with Crippen molar-refractivity contribution >= 4 is 31.4 Å². The van der Waals surface area contributed by atoms with Gasteiger partial charge in [0.1, 0.15) is 5.82 Å². The molecule has 8 heteroatoms. The number of aromatic nitrogens is 2. The third kappa shape index (κ3) is 4.08. The third-order valence-corrected chi connectivity index (χ3v) is 6.92. The Hall–Kier alpha value is -1.74. The molecule has 0 aliphatic carbocycles. The summed E-state index contributed by atoms with van der Waals surface area (Å²) >= 11 is 1.68. The van der Waals surface area contributed by atoms with Gasteiger partial charge in [0.2, 0.25) is 0 Å². The molecule has 0 amide bonds. The van der Waals surface area contributed by atoms with Crippen LogP contribution < -0.4 is 4.72 Å². The highest BCUT2D eigenvalue weighted by Crippen LogP contribution is 2.32. The Morgan fingerprint density at radius 2 is 1.96 bits per heavy atom. The molecule has 1 aromatic carbocycles. The number of nitrogens with zero attached hydrogens (tertiary/aromatic N) is 3. The fourth-order valence-electron chi connectivity index (χ4n) is 3.21. The van der Waals surface area contributed by atoms with Gasteiger partial charge in [-0.05, 0) is 36.5 Å². The minimum Gasteiger partial charge on any atom is -0.336 e. The molecular formula is C19H26N4O2S2. The van der Waals surface area contributed by atoms with E-state index in [4.69, 9.17) is 0 Å². The maximum Gasteiger partial charge on any atom is 0.259 e. The second kappa shape index (κ2) is 7.71. The molecule has 0 saturated heterocycles. The van der Waals surface area contributed by atoms with E-state index in [2.05, 4.69) is 27.2 Å². The van der Waals surface area contributed by atoms with Crippen molar-refractivity contribution in [2.75, 3.05) is 20.6 Å². The first kappa shape index (κ1) is 20.0. The van der Waals surface area contributed by atoms with Gasteiger partial charge in [-0.1, -0.05) is 32.0 Å². The lowest BCUT2D eigenvalue weighted by Crippen LogP contribution is -2.34. The SMILES string of the molecule is CC(C)c1nc(S(=O)(=O)NCC(c2csc3ccccc23)N(C)C)cn1C. The number of benzene rings is 1. The van der Waals surface area contributed by atoms with E-state index in [-0.39, 0.29) is 23.5 Å². The number of sulfonamides is 1. The molecule has 2 heterocycles. The fourth-order valence-corrected chi connectivity index (χ4v) is 5.25. The fraction of sp³-hybridized carbons (Fsp3) is 0.421. The maximum absolute atomic E-state index is 12.8. The Morgan fingerprint density at radius 1 is 1.26 bits per heavy atom. The lowest BCUT2D eigenvalue weighted by Gasteiger charge is -2.24. The van der Waals surface area contributed by atoms with Gasteiger partial charge in [0.25, 0.3) is 10.0 Å². The molecule has 146 valence electrons. The summed E-state index contributed by atoms with van der Waals surface area (Å²) in [5.74, 6) is 0.911. The summed E-state index contributed by atoms with van der Waals surface area (Å²) in [5, 5.41) is 3.35. The number of rotatable bonds is 7. The van der Waals surface area contributed by atoms with E-state index >= 15 is 0 Å². The number of nitrogens with one attached hydrogen (secondary N) is 1. The van der Waals surface area contributed by atoms with Crippen molar-refractivity contribution in [3.05, 3.63) is 47.2 Å². The number of thiophene rings is 1. The number of hydrogen-bond donors (Lipinski definition) is 1. The molecule has 0 saturated carbocycles. The van der Waals surface area contributed by atoms with Gasteiger partial charge in [-0.15, -0.1) is 11.3 Å². The average molecular weight is 407 g/mol. The van der Waals surface area contributed by atoms with E-state index in [0.29, 0.717) is 0 Å². The Balaban J connectivity index is 1.85. The van der Waals surface area contributed by atoms with Crippen LogP contribution in [0.15, 0.2) is 40.9 Å². The van der Waals surface area contributed by atoms with Crippen LogP contribution in [-0.4, -0.2) is 43.5 Å². The van der Waals surface area contributed by atoms with Gasteiger partial charge < -0.3 is 9.47 Å². The number of fused-ring (bicyclic) bond motifs is 1. The van der Waals surface area contributed by atoms with Crippen molar-refractivity contribution < 1.29 is 8.42 Å². The largest absolute Gasteiger partial charge is 0.336 e. The summed E-state index contributed by atoms with van der Waals surface area (Å²) in [7, 11) is 2.07. The Bertz CT molecular complexity index is 1040. The van der Waals surface area contributed by atoms with Gasteiger partial charge >= 0.3 is 0 Å². The molecule has 1 N–H and O–H groups in total. The van der Waals surface area contributed by atoms with Crippen LogP contribution in [-0.2, 0) is 17.1 Å². The highest BCUT2D eigenvalue weighted by Gasteiger charge is 2.24. The third-order valence-electron chi connectivity index (χ3n) is 4.64. The summed E-state index contributed by atoms with van der Waals surface area (Å²) in [4.78, 5) is 6.35. The second-order valence-corrected chi connectivity index (χ2v) is 9.85. The predicted molar refractivity (Wildman–Crippen MR) is 111 cm³/mol. The van der Waals surface area contributed by atoms with E-state index in [0.717, 1.165) is 11.4 Å². The zero-order valence-electron chi connectivity index (χ0n) is 16.3. The molecule has 2 aromatic heterocycles. The summed E-state index contributed by atoms with van der Waals surface area (Å²) in [5.41, 5.74) is 1.13. The number of likely N-dealkylation sites (N-methyl/N-ethyl adjacent to an activating group) is 1. The summed E-state index contributed by atoms with van der Waals surface area (Å²) < 4.78 is 31.3. The topological polar surface area (TPSA) is 67.2 Å². The summed E-state index contributed by atoms with van der Waals surface area (Å²) in [6, 6.07) is 8.13. The molecular weight excluding hydrogens is 380 g/mol. The van der Waals surface area contributed by atoms with E-state index < -0.39 is 10.0 Å². The highest BCUT2D eigenvalue weighted by atomic mass is 32.2.